The molecule has 11 nitrogen and oxygen atoms in total. The number of aliphatic hydroxyl groups is 7. The van der Waals surface area contributed by atoms with Gasteiger partial charge in [0.25, 0.3) is 0 Å². The van der Waals surface area contributed by atoms with Crippen LogP contribution in [0.2, 0.25) is 0 Å². The second-order valence-corrected chi connectivity index (χ2v) is 5.16. The maximum absolute atomic E-state index is 10.4. The Morgan fingerprint density at radius 3 is 1.77 bits per heavy atom. The molecule has 1 rings (SSSR count). The van der Waals surface area contributed by atoms with Crippen molar-refractivity contribution < 1.29 is 55.5 Å². The Bertz CT molecular complexity index is 534. The largest absolute Gasteiger partial charge is 0.504 e. The van der Waals surface area contributed by atoms with Gasteiger partial charge in [-0.2, -0.15) is 0 Å². The maximum atomic E-state index is 10.4. The molecule has 0 amide bonds. The molecule has 150 valence electrons. The Morgan fingerprint density at radius 1 is 0.962 bits per heavy atom. The number of carboxylic acid groups (broad SMARTS) is 1. The number of aliphatic hydroxyl groups excluding tert-OH is 7. The van der Waals surface area contributed by atoms with Crippen molar-refractivity contribution in [3.8, 4) is 11.5 Å². The van der Waals surface area contributed by atoms with Crippen molar-refractivity contribution >= 4 is 5.97 Å². The number of aromatic carboxylic acids is 1. The molecule has 0 saturated heterocycles. The van der Waals surface area contributed by atoms with Gasteiger partial charge in [-0.25, -0.2) is 4.79 Å². The Balaban J connectivity index is 0.000000485. The van der Waals surface area contributed by atoms with Crippen LogP contribution in [0, 0.1) is 0 Å². The van der Waals surface area contributed by atoms with Gasteiger partial charge in [-0.3, -0.25) is 0 Å². The summed E-state index contributed by atoms with van der Waals surface area (Å²) in [6, 6.07) is 3.85. The number of benzene rings is 1. The quantitative estimate of drug-likeness (QED) is 0.220. The highest BCUT2D eigenvalue weighted by molar-refractivity contribution is 5.88. The third-order valence-corrected chi connectivity index (χ3v) is 3.29. The summed E-state index contributed by atoms with van der Waals surface area (Å²) < 4.78 is 4.72. The highest BCUT2D eigenvalue weighted by Crippen LogP contribution is 2.25. The number of carboxylic acids is 1. The molecule has 0 aliphatic heterocycles. The molecule has 4 unspecified atom stereocenters. The highest BCUT2D eigenvalue weighted by Gasteiger charge is 2.33. The number of rotatable bonds is 8. The van der Waals surface area contributed by atoms with E-state index in [0.717, 1.165) is 0 Å². The summed E-state index contributed by atoms with van der Waals surface area (Å²) in [7, 11) is 1.36. The third-order valence-electron chi connectivity index (χ3n) is 3.29. The highest BCUT2D eigenvalue weighted by atomic mass is 16.5. The van der Waals surface area contributed by atoms with Gasteiger partial charge >= 0.3 is 5.97 Å². The van der Waals surface area contributed by atoms with E-state index in [4.69, 9.17) is 50.7 Å². The topological polar surface area (TPSA) is 208 Å². The predicted molar refractivity (Wildman–Crippen MR) is 85.8 cm³/mol. The molecular weight excluding hydrogens is 356 g/mol. The number of methoxy groups -OCH3 is 1. The van der Waals surface area contributed by atoms with Crippen LogP contribution < -0.4 is 4.74 Å². The zero-order valence-corrected chi connectivity index (χ0v) is 13.9. The van der Waals surface area contributed by atoms with Crippen LogP contribution in [-0.4, -0.2) is 103 Å². The number of phenolic OH excluding ortho intramolecular Hbond substituents is 1. The van der Waals surface area contributed by atoms with E-state index in [9.17, 15) is 4.79 Å². The van der Waals surface area contributed by atoms with Gasteiger partial charge in [-0.1, -0.05) is 0 Å². The molecule has 0 aliphatic rings. The first kappa shape index (κ1) is 24.0. The third kappa shape index (κ3) is 7.09. The standard InChI is InChI=1S/C8H8O4.C7H16O7/c1-12-7-4-5(8(10)11)2-3-6(7)9;8-1-3(10)5(12)7(14)6(13)4(11)2-9/h2-4,9H,1H3,(H,10,11);3-14H,1-2H2. The summed E-state index contributed by atoms with van der Waals surface area (Å²) in [4.78, 5) is 10.4. The molecule has 0 aromatic heterocycles. The summed E-state index contributed by atoms with van der Waals surface area (Å²) in [5.74, 6) is -0.953. The number of ether oxygens (including phenoxy) is 1. The van der Waals surface area contributed by atoms with Crippen LogP contribution in [0.5, 0.6) is 11.5 Å². The van der Waals surface area contributed by atoms with Crippen LogP contribution in [0.1, 0.15) is 10.4 Å². The lowest BCUT2D eigenvalue weighted by Gasteiger charge is -2.27. The van der Waals surface area contributed by atoms with Gasteiger partial charge in [0.15, 0.2) is 11.5 Å². The van der Waals surface area contributed by atoms with Gasteiger partial charge in [0, 0.05) is 0 Å². The normalized spacial score (nSPS) is 16.5. The van der Waals surface area contributed by atoms with Crippen LogP contribution >= 0.6 is 0 Å². The van der Waals surface area contributed by atoms with Crippen molar-refractivity contribution in [1.82, 2.24) is 0 Å². The molecule has 0 bridgehead atoms. The number of hydrogen-bond acceptors (Lipinski definition) is 10. The second-order valence-electron chi connectivity index (χ2n) is 5.16. The lowest BCUT2D eigenvalue weighted by Crippen LogP contribution is -2.50. The molecule has 0 heterocycles. The Morgan fingerprint density at radius 2 is 1.42 bits per heavy atom. The number of phenols is 1. The van der Waals surface area contributed by atoms with E-state index in [1.165, 1.54) is 25.3 Å². The van der Waals surface area contributed by atoms with Crippen molar-refractivity contribution in [3.63, 3.8) is 0 Å². The molecule has 0 aliphatic carbocycles. The van der Waals surface area contributed by atoms with Gasteiger partial charge in [-0.15, -0.1) is 0 Å². The van der Waals surface area contributed by atoms with Crippen LogP contribution in [0.15, 0.2) is 18.2 Å². The van der Waals surface area contributed by atoms with Crippen molar-refractivity contribution in [1.29, 1.82) is 0 Å². The maximum Gasteiger partial charge on any atom is 0.335 e. The average molecular weight is 380 g/mol. The monoisotopic (exact) mass is 380 g/mol. The molecule has 11 heteroatoms. The van der Waals surface area contributed by atoms with Crippen molar-refractivity contribution in [3.05, 3.63) is 23.8 Å². The van der Waals surface area contributed by atoms with Gasteiger partial charge in [0.1, 0.15) is 30.5 Å². The van der Waals surface area contributed by atoms with Crippen LogP contribution in [-0.2, 0) is 0 Å². The SMILES string of the molecule is COc1cc(C(=O)O)ccc1O.OCC(O)C(O)C(O)C(O)C(O)CO. The van der Waals surface area contributed by atoms with Gasteiger partial charge in [0.05, 0.1) is 25.9 Å². The van der Waals surface area contributed by atoms with Crippen molar-refractivity contribution in [2.45, 2.75) is 30.5 Å². The molecule has 0 radical (unpaired) electrons. The molecule has 0 fully saturated rings. The molecular formula is C15H24O11. The first-order chi connectivity index (χ1) is 12.1. The number of carbonyl (C=O) groups is 1. The minimum absolute atomic E-state index is 0.0671. The molecule has 26 heavy (non-hydrogen) atoms. The number of hydrogen-bond donors (Lipinski definition) is 9. The molecule has 0 spiro atoms. The summed E-state index contributed by atoms with van der Waals surface area (Å²) in [5.41, 5.74) is 0.0876. The van der Waals surface area contributed by atoms with Gasteiger partial charge in [0.2, 0.25) is 0 Å². The van der Waals surface area contributed by atoms with Crippen molar-refractivity contribution in [2.75, 3.05) is 20.3 Å². The zero-order chi connectivity index (χ0) is 20.4. The van der Waals surface area contributed by atoms with Crippen LogP contribution in [0.3, 0.4) is 0 Å². The Labute approximate surface area is 148 Å². The second kappa shape index (κ2) is 11.6. The minimum Gasteiger partial charge on any atom is -0.504 e. The summed E-state index contributed by atoms with van der Waals surface area (Å²) in [5, 5.41) is 79.6. The molecule has 1 aromatic rings. The molecule has 1 aromatic carbocycles. The minimum atomic E-state index is -1.85. The predicted octanol–water partition coefficient (Wildman–Crippen LogP) is -3.13. The van der Waals surface area contributed by atoms with Gasteiger partial charge < -0.3 is 50.7 Å². The fourth-order valence-electron chi connectivity index (χ4n) is 1.68. The van der Waals surface area contributed by atoms with Gasteiger partial charge in [-0.05, 0) is 18.2 Å². The lowest BCUT2D eigenvalue weighted by atomic mass is 10.00. The van der Waals surface area contributed by atoms with Crippen LogP contribution in [0.25, 0.3) is 0 Å². The first-order valence-corrected chi connectivity index (χ1v) is 7.33. The van der Waals surface area contributed by atoms with E-state index >= 15 is 0 Å². The van der Waals surface area contributed by atoms with E-state index in [-0.39, 0.29) is 17.1 Å². The lowest BCUT2D eigenvalue weighted by molar-refractivity contribution is -0.145. The molecule has 0 saturated carbocycles. The number of aromatic hydroxyl groups is 1. The summed E-state index contributed by atoms with van der Waals surface area (Å²) in [6.07, 6.45) is -8.68. The van der Waals surface area contributed by atoms with E-state index in [1.54, 1.807) is 0 Å². The van der Waals surface area contributed by atoms with E-state index < -0.39 is 49.7 Å². The Kier molecular flexibility index (Phi) is 10.7. The smallest absolute Gasteiger partial charge is 0.335 e. The molecule has 9 N–H and O–H groups in total. The van der Waals surface area contributed by atoms with Crippen molar-refractivity contribution in [2.24, 2.45) is 0 Å². The van der Waals surface area contributed by atoms with Crippen LogP contribution in [0.4, 0.5) is 0 Å². The average Bonchev–Trinajstić information content (AvgIpc) is 2.65. The molecule has 4 atom stereocenters. The fourth-order valence-corrected chi connectivity index (χ4v) is 1.68. The summed E-state index contributed by atoms with van der Waals surface area (Å²) in [6.45, 7) is -1.58. The van der Waals surface area contributed by atoms with E-state index in [1.807, 2.05) is 0 Å². The van der Waals surface area contributed by atoms with E-state index in [0.29, 0.717) is 0 Å². The zero-order valence-electron chi connectivity index (χ0n) is 13.9. The summed E-state index contributed by atoms with van der Waals surface area (Å²) >= 11 is 0. The van der Waals surface area contributed by atoms with E-state index in [2.05, 4.69) is 0 Å². The Hall–Kier alpha value is -1.99. The first-order valence-electron chi connectivity index (χ1n) is 7.33. The fraction of sp³-hybridized carbons (Fsp3) is 0.533.